The van der Waals surface area contributed by atoms with Gasteiger partial charge in [0.15, 0.2) is 12.4 Å². The molecule has 180 valence electrons. The molecule has 0 atom stereocenters. The van der Waals surface area contributed by atoms with Crippen molar-refractivity contribution in [3.8, 4) is 5.75 Å². The van der Waals surface area contributed by atoms with Crippen LogP contribution in [0.3, 0.4) is 0 Å². The molecule has 0 aliphatic rings. The van der Waals surface area contributed by atoms with Crippen molar-refractivity contribution >= 4 is 28.9 Å². The number of ether oxygens (including phenoxy) is 2. The van der Waals surface area contributed by atoms with Gasteiger partial charge in [0, 0.05) is 29.1 Å². The van der Waals surface area contributed by atoms with E-state index in [1.807, 2.05) is 24.3 Å². The van der Waals surface area contributed by atoms with Crippen LogP contribution in [-0.4, -0.2) is 51.2 Å². The highest BCUT2D eigenvalue weighted by Gasteiger charge is 2.21. The number of methoxy groups -OCH3 is 1. The topological polar surface area (TPSA) is 110 Å². The number of carbonyl (C=O) groups is 2. The van der Waals surface area contributed by atoms with Gasteiger partial charge in [0.2, 0.25) is 0 Å². The average molecular weight is 476 g/mol. The van der Waals surface area contributed by atoms with Crippen molar-refractivity contribution in [1.29, 1.82) is 0 Å². The lowest BCUT2D eigenvalue weighted by molar-refractivity contribution is 0.0515. The largest absolute Gasteiger partial charge is 0.497 e. The van der Waals surface area contributed by atoms with Crippen LogP contribution < -0.4 is 4.74 Å². The number of para-hydroxylation sites is 1. The highest BCUT2D eigenvalue weighted by molar-refractivity contribution is 6.09. The van der Waals surface area contributed by atoms with Crippen LogP contribution in [0.2, 0.25) is 0 Å². The molecule has 0 aliphatic carbocycles. The summed E-state index contributed by atoms with van der Waals surface area (Å²) in [5, 5.41) is 12.9. The maximum Gasteiger partial charge on any atom is 0.355 e. The van der Waals surface area contributed by atoms with Crippen molar-refractivity contribution < 1.29 is 23.9 Å². The van der Waals surface area contributed by atoms with Crippen LogP contribution in [0.1, 0.15) is 39.0 Å². The van der Waals surface area contributed by atoms with Gasteiger partial charge in [-0.2, -0.15) is 0 Å². The number of oxime groups is 1. The van der Waals surface area contributed by atoms with Crippen LogP contribution in [0.15, 0.2) is 59.9 Å². The van der Waals surface area contributed by atoms with E-state index >= 15 is 0 Å². The molecule has 4 rings (SSSR count). The van der Waals surface area contributed by atoms with Crippen LogP contribution in [-0.2, 0) is 29.8 Å². The highest BCUT2D eigenvalue weighted by atomic mass is 16.6. The lowest BCUT2D eigenvalue weighted by Gasteiger charge is -2.04. The Kier molecular flexibility index (Phi) is 7.20. The number of hydrogen-bond donors (Lipinski definition) is 0. The number of aryl methyl sites for hydroxylation is 1. The van der Waals surface area contributed by atoms with Gasteiger partial charge >= 0.3 is 5.97 Å². The van der Waals surface area contributed by atoms with E-state index in [4.69, 9.17) is 14.3 Å². The Labute approximate surface area is 201 Å². The summed E-state index contributed by atoms with van der Waals surface area (Å²) in [4.78, 5) is 30.4. The highest BCUT2D eigenvalue weighted by Crippen LogP contribution is 2.24. The first-order valence-corrected chi connectivity index (χ1v) is 11.0. The minimum absolute atomic E-state index is 0.0432. The standard InChI is InChI=1S/C25H25N5O5/c1-4-34-25(32)24-21(20-7-5-6-8-22(20)29(24)2)13-26-35-16-18-14-30(28-27-18)15-23(31)17-9-11-19(33-3)12-10-17/h5-14H,4,15-16H2,1-3H3/b26-13+. The lowest BCUT2D eigenvalue weighted by atomic mass is 10.1. The van der Waals surface area contributed by atoms with E-state index in [-0.39, 0.29) is 25.5 Å². The summed E-state index contributed by atoms with van der Waals surface area (Å²) in [5.74, 6) is 0.141. The number of Topliss-reactive ketones (excluding diaryl/α,β-unsaturated/α-hetero) is 1. The molecule has 0 N–H and O–H groups in total. The van der Waals surface area contributed by atoms with Crippen LogP contribution in [0.5, 0.6) is 5.75 Å². The molecule has 0 bridgehead atoms. The number of fused-ring (bicyclic) bond motifs is 1. The Morgan fingerprint density at radius 1 is 1.11 bits per heavy atom. The third kappa shape index (κ3) is 5.21. The third-order valence-electron chi connectivity index (χ3n) is 5.39. The van der Waals surface area contributed by atoms with Crippen LogP contribution in [0, 0.1) is 0 Å². The summed E-state index contributed by atoms with van der Waals surface area (Å²) in [6, 6.07) is 14.5. The first-order chi connectivity index (χ1) is 17.0. The minimum atomic E-state index is -0.433. The predicted octanol–water partition coefficient (Wildman–Crippen LogP) is 3.39. The number of carbonyl (C=O) groups excluding carboxylic acids is 2. The number of ketones is 1. The summed E-state index contributed by atoms with van der Waals surface area (Å²) in [6.45, 7) is 2.12. The van der Waals surface area contributed by atoms with Crippen molar-refractivity contribution in [2.24, 2.45) is 12.2 Å². The van der Waals surface area contributed by atoms with Gasteiger partial charge in [0.05, 0.1) is 26.1 Å². The van der Waals surface area contributed by atoms with Gasteiger partial charge in [-0.3, -0.25) is 4.79 Å². The fourth-order valence-electron chi connectivity index (χ4n) is 3.69. The van der Waals surface area contributed by atoms with Crippen LogP contribution >= 0.6 is 0 Å². The molecule has 0 radical (unpaired) electrons. The SMILES string of the molecule is CCOC(=O)c1c(/C=N/OCc2cn(CC(=O)c3ccc(OC)cc3)nn2)c2ccccc2n1C. The van der Waals surface area contributed by atoms with Crippen LogP contribution in [0.4, 0.5) is 0 Å². The van der Waals surface area contributed by atoms with Crippen molar-refractivity contribution in [3.05, 3.63) is 77.2 Å². The Hall–Kier alpha value is -4.47. The summed E-state index contributed by atoms with van der Waals surface area (Å²) < 4.78 is 13.5. The van der Waals surface area contributed by atoms with Gasteiger partial charge in [-0.1, -0.05) is 28.6 Å². The Balaban J connectivity index is 1.41. The molecule has 10 nitrogen and oxygen atoms in total. The zero-order chi connectivity index (χ0) is 24.8. The van der Waals surface area contributed by atoms with Crippen molar-refractivity contribution in [1.82, 2.24) is 19.6 Å². The molecule has 0 saturated carbocycles. The zero-order valence-corrected chi connectivity index (χ0v) is 19.7. The quantitative estimate of drug-likeness (QED) is 0.150. The molecule has 4 aromatic rings. The maximum atomic E-state index is 12.5. The number of rotatable bonds is 10. The summed E-state index contributed by atoms with van der Waals surface area (Å²) in [5.41, 5.74) is 2.93. The number of hydrogen-bond acceptors (Lipinski definition) is 8. The van der Waals surface area contributed by atoms with Crippen LogP contribution in [0.25, 0.3) is 10.9 Å². The van der Waals surface area contributed by atoms with E-state index in [0.717, 1.165) is 10.9 Å². The Morgan fingerprint density at radius 3 is 2.63 bits per heavy atom. The molecular weight excluding hydrogens is 450 g/mol. The molecule has 10 heteroatoms. The fourth-order valence-corrected chi connectivity index (χ4v) is 3.69. The molecule has 2 aromatic heterocycles. The van der Waals surface area contributed by atoms with Gasteiger partial charge in [0.1, 0.15) is 23.7 Å². The normalized spacial score (nSPS) is 11.2. The first kappa shape index (κ1) is 23.7. The van der Waals surface area contributed by atoms with Gasteiger partial charge in [-0.25, -0.2) is 9.48 Å². The molecule has 0 amide bonds. The number of benzene rings is 2. The smallest absolute Gasteiger partial charge is 0.355 e. The predicted molar refractivity (Wildman–Crippen MR) is 129 cm³/mol. The molecular formula is C25H25N5O5. The lowest BCUT2D eigenvalue weighted by Crippen LogP contribution is -2.12. The molecule has 0 fully saturated rings. The number of nitrogens with zero attached hydrogens (tertiary/aromatic N) is 5. The van der Waals surface area contributed by atoms with Crippen molar-refractivity contribution in [2.75, 3.05) is 13.7 Å². The molecule has 2 aromatic carbocycles. The van der Waals surface area contributed by atoms with Gasteiger partial charge < -0.3 is 18.9 Å². The van der Waals surface area contributed by atoms with E-state index in [0.29, 0.717) is 28.3 Å². The maximum absolute atomic E-state index is 12.5. The fraction of sp³-hybridized carbons (Fsp3) is 0.240. The Morgan fingerprint density at radius 2 is 1.89 bits per heavy atom. The molecule has 0 unspecified atom stereocenters. The van der Waals surface area contributed by atoms with Gasteiger partial charge in [-0.05, 0) is 37.3 Å². The summed E-state index contributed by atoms with van der Waals surface area (Å²) in [6.07, 6.45) is 3.12. The minimum Gasteiger partial charge on any atom is -0.497 e. The molecule has 35 heavy (non-hydrogen) atoms. The monoisotopic (exact) mass is 475 g/mol. The zero-order valence-electron chi connectivity index (χ0n) is 19.7. The average Bonchev–Trinajstić information content (AvgIpc) is 3.44. The second kappa shape index (κ2) is 10.6. The third-order valence-corrected chi connectivity index (χ3v) is 5.39. The van der Waals surface area contributed by atoms with Crippen molar-refractivity contribution in [3.63, 3.8) is 0 Å². The second-order valence-electron chi connectivity index (χ2n) is 7.63. The van der Waals surface area contributed by atoms with Crippen molar-refractivity contribution in [2.45, 2.75) is 20.1 Å². The Bertz CT molecular complexity index is 1370. The molecule has 0 spiro atoms. The second-order valence-corrected chi connectivity index (χ2v) is 7.63. The number of esters is 1. The molecule has 0 aliphatic heterocycles. The van der Waals surface area contributed by atoms with E-state index in [1.54, 1.807) is 56.1 Å². The summed E-state index contributed by atoms with van der Waals surface area (Å²) >= 11 is 0. The van der Waals surface area contributed by atoms with Gasteiger partial charge in [0.25, 0.3) is 0 Å². The van der Waals surface area contributed by atoms with Gasteiger partial charge in [-0.15, -0.1) is 5.10 Å². The van der Waals surface area contributed by atoms with E-state index < -0.39 is 5.97 Å². The summed E-state index contributed by atoms with van der Waals surface area (Å²) in [7, 11) is 3.37. The number of aromatic nitrogens is 4. The van der Waals surface area contributed by atoms with E-state index in [2.05, 4.69) is 15.5 Å². The first-order valence-electron chi connectivity index (χ1n) is 11.0. The molecule has 2 heterocycles. The molecule has 0 saturated heterocycles. The van der Waals surface area contributed by atoms with E-state index in [9.17, 15) is 9.59 Å². The van der Waals surface area contributed by atoms with E-state index in [1.165, 1.54) is 10.9 Å².